The lowest BCUT2D eigenvalue weighted by Crippen LogP contribution is -2.52. The predicted octanol–water partition coefficient (Wildman–Crippen LogP) is 2.14. The Morgan fingerprint density at radius 2 is 1.43 bits per heavy atom. The smallest absolute Gasteiger partial charge is 0.262 e. The van der Waals surface area contributed by atoms with E-state index in [0.717, 1.165) is 4.90 Å². The maximum atomic E-state index is 12.7. The lowest BCUT2D eigenvalue weighted by atomic mass is 9.89. The summed E-state index contributed by atoms with van der Waals surface area (Å²) in [5.41, 5.74) is -0.948. The van der Waals surface area contributed by atoms with Gasteiger partial charge in [-0.1, -0.05) is 47.6 Å². The molecular weight excluding hydrogens is 296 g/mol. The van der Waals surface area contributed by atoms with Crippen LogP contribution in [0.1, 0.15) is 26.3 Å². The van der Waals surface area contributed by atoms with Gasteiger partial charge in [0, 0.05) is 0 Å². The SMILES string of the molecule is O=CC(CN=O)(c1ccccc1)N1C(=O)c2ccccc2C1=O. The van der Waals surface area contributed by atoms with E-state index >= 15 is 0 Å². The molecule has 0 fully saturated rings. The van der Waals surface area contributed by atoms with Crippen LogP contribution in [0.2, 0.25) is 0 Å². The number of rotatable bonds is 5. The monoisotopic (exact) mass is 308 g/mol. The van der Waals surface area contributed by atoms with Gasteiger partial charge in [0.15, 0.2) is 11.8 Å². The summed E-state index contributed by atoms with van der Waals surface area (Å²) in [5, 5.41) is 2.80. The number of fused-ring (bicyclic) bond motifs is 1. The Morgan fingerprint density at radius 1 is 0.913 bits per heavy atom. The van der Waals surface area contributed by atoms with Crippen molar-refractivity contribution in [2.24, 2.45) is 5.18 Å². The van der Waals surface area contributed by atoms with Gasteiger partial charge in [0.25, 0.3) is 11.8 Å². The highest BCUT2D eigenvalue weighted by atomic mass is 16.3. The minimum Gasteiger partial charge on any atom is -0.300 e. The molecular formula is C17H12N2O4. The Morgan fingerprint density at radius 3 is 1.91 bits per heavy atom. The molecule has 0 radical (unpaired) electrons. The molecule has 6 nitrogen and oxygen atoms in total. The average Bonchev–Trinajstić information content (AvgIpc) is 2.86. The Hall–Kier alpha value is -3.15. The molecule has 0 bridgehead atoms. The number of amides is 2. The Kier molecular flexibility index (Phi) is 3.57. The van der Waals surface area contributed by atoms with Gasteiger partial charge in [0.2, 0.25) is 0 Å². The lowest BCUT2D eigenvalue weighted by molar-refractivity contribution is -0.116. The number of aldehydes is 1. The molecule has 1 aliphatic rings. The molecule has 1 aliphatic heterocycles. The fourth-order valence-corrected chi connectivity index (χ4v) is 2.83. The molecule has 0 aromatic heterocycles. The molecule has 2 aromatic rings. The second-order valence-corrected chi connectivity index (χ2v) is 5.19. The second kappa shape index (κ2) is 5.57. The molecule has 2 amide bonds. The number of hydrogen-bond donors (Lipinski definition) is 0. The van der Waals surface area contributed by atoms with Crippen molar-refractivity contribution in [1.29, 1.82) is 0 Å². The van der Waals surface area contributed by atoms with Crippen molar-refractivity contribution in [2.45, 2.75) is 5.54 Å². The van der Waals surface area contributed by atoms with E-state index in [2.05, 4.69) is 5.18 Å². The summed E-state index contributed by atoms with van der Waals surface area (Å²) >= 11 is 0. The molecule has 1 heterocycles. The number of nitroso groups, excluding NO2 is 1. The van der Waals surface area contributed by atoms with Gasteiger partial charge in [0.05, 0.1) is 11.1 Å². The predicted molar refractivity (Wildman–Crippen MR) is 81.8 cm³/mol. The van der Waals surface area contributed by atoms with Crippen LogP contribution in [0.3, 0.4) is 0 Å². The van der Waals surface area contributed by atoms with Gasteiger partial charge in [-0.05, 0) is 17.7 Å². The van der Waals surface area contributed by atoms with E-state index in [9.17, 15) is 19.3 Å². The summed E-state index contributed by atoms with van der Waals surface area (Å²) in [6.45, 7) is -0.536. The molecule has 0 N–H and O–H groups in total. The molecule has 0 aliphatic carbocycles. The maximum Gasteiger partial charge on any atom is 0.262 e. The summed E-state index contributed by atoms with van der Waals surface area (Å²) in [6, 6.07) is 14.5. The zero-order valence-electron chi connectivity index (χ0n) is 12.0. The number of carbonyl (C=O) groups excluding carboxylic acids is 3. The van der Waals surface area contributed by atoms with Gasteiger partial charge in [-0.2, -0.15) is 4.91 Å². The molecule has 0 saturated heterocycles. The number of benzene rings is 2. The number of hydrogen-bond acceptors (Lipinski definition) is 5. The molecule has 114 valence electrons. The number of carbonyl (C=O) groups is 3. The second-order valence-electron chi connectivity index (χ2n) is 5.19. The van der Waals surface area contributed by atoms with Crippen molar-refractivity contribution in [3.05, 3.63) is 76.2 Å². The summed E-state index contributed by atoms with van der Waals surface area (Å²) in [6.07, 6.45) is 0.436. The maximum absolute atomic E-state index is 12.7. The van der Waals surface area contributed by atoms with E-state index in [0.29, 0.717) is 11.8 Å². The molecule has 2 aromatic carbocycles. The van der Waals surface area contributed by atoms with Crippen molar-refractivity contribution < 1.29 is 14.4 Å². The standard InChI is InChI=1S/C17H12N2O4/c20-11-17(10-18-23,12-6-2-1-3-7-12)19-15(21)13-8-4-5-9-14(13)16(19)22/h1-9,11H,10H2. The quantitative estimate of drug-likeness (QED) is 0.481. The van der Waals surface area contributed by atoms with E-state index in [4.69, 9.17) is 0 Å². The summed E-state index contributed by atoms with van der Waals surface area (Å²) in [4.78, 5) is 49.0. The van der Waals surface area contributed by atoms with Crippen molar-refractivity contribution in [2.75, 3.05) is 6.54 Å². The third-order valence-corrected chi connectivity index (χ3v) is 3.97. The van der Waals surface area contributed by atoms with E-state index in [1.807, 2.05) is 0 Å². The first-order valence-electron chi connectivity index (χ1n) is 6.94. The third kappa shape index (κ3) is 2.07. The fraction of sp³-hybridized carbons (Fsp3) is 0.118. The Labute approximate surface area is 131 Å². The molecule has 6 heteroatoms. The van der Waals surface area contributed by atoms with E-state index in [1.165, 1.54) is 12.1 Å². The van der Waals surface area contributed by atoms with Gasteiger partial charge in [-0.15, -0.1) is 0 Å². The zero-order valence-corrected chi connectivity index (χ0v) is 12.0. The Bertz CT molecular complexity index is 768. The largest absolute Gasteiger partial charge is 0.300 e. The highest BCUT2D eigenvalue weighted by molar-refractivity contribution is 6.22. The molecule has 1 atom stereocenters. The van der Waals surface area contributed by atoms with Crippen LogP contribution >= 0.6 is 0 Å². The minimum atomic E-state index is -1.74. The minimum absolute atomic E-state index is 0.213. The van der Waals surface area contributed by atoms with Crippen LogP contribution in [0.25, 0.3) is 0 Å². The first-order chi connectivity index (χ1) is 11.2. The first-order valence-corrected chi connectivity index (χ1v) is 6.94. The van der Waals surface area contributed by atoms with Crippen LogP contribution in [0, 0.1) is 4.91 Å². The zero-order chi connectivity index (χ0) is 16.4. The highest BCUT2D eigenvalue weighted by Crippen LogP contribution is 2.35. The third-order valence-electron chi connectivity index (χ3n) is 3.97. The average molecular weight is 308 g/mol. The number of nitrogens with zero attached hydrogens (tertiary/aromatic N) is 2. The number of imide groups is 1. The van der Waals surface area contributed by atoms with E-state index in [-0.39, 0.29) is 11.1 Å². The lowest BCUT2D eigenvalue weighted by Gasteiger charge is -2.34. The van der Waals surface area contributed by atoms with E-state index in [1.54, 1.807) is 42.5 Å². The van der Waals surface area contributed by atoms with Crippen LogP contribution < -0.4 is 0 Å². The topological polar surface area (TPSA) is 83.9 Å². The highest BCUT2D eigenvalue weighted by Gasteiger charge is 2.50. The van der Waals surface area contributed by atoms with Crippen molar-refractivity contribution in [1.82, 2.24) is 4.90 Å². The normalized spacial score (nSPS) is 15.9. The van der Waals surface area contributed by atoms with Gasteiger partial charge in [0.1, 0.15) is 6.54 Å². The van der Waals surface area contributed by atoms with Gasteiger partial charge in [-0.3, -0.25) is 14.5 Å². The molecule has 0 spiro atoms. The van der Waals surface area contributed by atoms with Crippen molar-refractivity contribution in [3.8, 4) is 0 Å². The summed E-state index contributed by atoms with van der Waals surface area (Å²) in [7, 11) is 0. The fourth-order valence-electron chi connectivity index (χ4n) is 2.83. The van der Waals surface area contributed by atoms with E-state index < -0.39 is 23.9 Å². The molecule has 0 saturated carbocycles. The van der Waals surface area contributed by atoms with Crippen LogP contribution in [0.4, 0.5) is 0 Å². The molecule has 1 unspecified atom stereocenters. The van der Waals surface area contributed by atoms with Crippen molar-refractivity contribution >= 4 is 18.1 Å². The van der Waals surface area contributed by atoms with Crippen LogP contribution in [0.5, 0.6) is 0 Å². The molecule has 23 heavy (non-hydrogen) atoms. The molecule has 3 rings (SSSR count). The first kappa shape index (κ1) is 14.8. The van der Waals surface area contributed by atoms with Crippen LogP contribution in [-0.2, 0) is 10.3 Å². The van der Waals surface area contributed by atoms with Gasteiger partial charge in [-0.25, -0.2) is 0 Å². The van der Waals surface area contributed by atoms with Crippen LogP contribution in [-0.4, -0.2) is 29.5 Å². The summed E-state index contributed by atoms with van der Waals surface area (Å²) in [5.74, 6) is -1.21. The van der Waals surface area contributed by atoms with Crippen molar-refractivity contribution in [3.63, 3.8) is 0 Å². The summed E-state index contributed by atoms with van der Waals surface area (Å²) < 4.78 is 0. The Balaban J connectivity index is 2.20. The van der Waals surface area contributed by atoms with Crippen LogP contribution in [0.15, 0.2) is 59.8 Å². The van der Waals surface area contributed by atoms with Gasteiger partial charge >= 0.3 is 0 Å². The van der Waals surface area contributed by atoms with Gasteiger partial charge < -0.3 is 4.79 Å².